The predicted molar refractivity (Wildman–Crippen MR) is 71.5 cm³/mol. The third-order valence-corrected chi connectivity index (χ3v) is 3.30. The van der Waals surface area contributed by atoms with E-state index in [2.05, 4.69) is 29.1 Å². The van der Waals surface area contributed by atoms with E-state index in [1.54, 1.807) is 12.4 Å². The first-order valence-electron chi connectivity index (χ1n) is 6.91. The molecule has 1 N–H and O–H groups in total. The molecule has 0 saturated heterocycles. The Labute approximate surface area is 109 Å². The maximum atomic E-state index is 5.74. The Morgan fingerprint density at radius 1 is 1.33 bits per heavy atom. The first kappa shape index (κ1) is 13.3. The number of nitrogens with zero attached hydrogens (tertiary/aromatic N) is 2. The summed E-state index contributed by atoms with van der Waals surface area (Å²) in [6, 6.07) is 0.454. The molecule has 4 nitrogen and oxygen atoms in total. The van der Waals surface area contributed by atoms with E-state index < -0.39 is 0 Å². The maximum absolute atomic E-state index is 5.74. The number of aromatic nitrogens is 2. The molecular weight excluding hydrogens is 226 g/mol. The van der Waals surface area contributed by atoms with E-state index in [0.29, 0.717) is 17.8 Å². The summed E-state index contributed by atoms with van der Waals surface area (Å²) in [5, 5.41) is 3.33. The van der Waals surface area contributed by atoms with Crippen LogP contribution in [-0.4, -0.2) is 22.6 Å². The Hall–Kier alpha value is -1.16. The zero-order valence-corrected chi connectivity index (χ0v) is 11.4. The van der Waals surface area contributed by atoms with Crippen molar-refractivity contribution in [2.75, 3.05) is 6.61 Å². The van der Waals surface area contributed by atoms with Gasteiger partial charge in [-0.25, -0.2) is 4.98 Å². The van der Waals surface area contributed by atoms with Gasteiger partial charge in [0.05, 0.1) is 18.5 Å². The van der Waals surface area contributed by atoms with Crippen LogP contribution in [0.3, 0.4) is 0 Å². The van der Waals surface area contributed by atoms with Gasteiger partial charge in [-0.2, -0.15) is 0 Å². The molecule has 0 atom stereocenters. The molecule has 0 bridgehead atoms. The summed E-state index contributed by atoms with van der Waals surface area (Å²) in [5.41, 5.74) is 0.938. The Bertz CT molecular complexity index is 362. The van der Waals surface area contributed by atoms with E-state index >= 15 is 0 Å². The van der Waals surface area contributed by atoms with Crippen molar-refractivity contribution < 1.29 is 4.74 Å². The largest absolute Gasteiger partial charge is 0.476 e. The number of rotatable bonds is 6. The van der Waals surface area contributed by atoms with Gasteiger partial charge in [0.1, 0.15) is 0 Å². The van der Waals surface area contributed by atoms with Gasteiger partial charge in [0.2, 0.25) is 5.88 Å². The molecule has 0 aliphatic heterocycles. The molecule has 1 aromatic heterocycles. The normalized spacial score (nSPS) is 16.4. The predicted octanol–water partition coefficient (Wildman–Crippen LogP) is 2.54. The summed E-state index contributed by atoms with van der Waals surface area (Å²) < 4.78 is 5.74. The van der Waals surface area contributed by atoms with Gasteiger partial charge in [0, 0.05) is 18.8 Å². The van der Waals surface area contributed by atoms with Gasteiger partial charge < -0.3 is 10.1 Å². The van der Waals surface area contributed by atoms with E-state index in [1.807, 2.05) is 0 Å². The lowest BCUT2D eigenvalue weighted by atomic mass is 10.1. The van der Waals surface area contributed by atoms with Crippen LogP contribution in [0.25, 0.3) is 0 Å². The third-order valence-electron chi connectivity index (χ3n) is 3.30. The van der Waals surface area contributed by atoms with Crippen LogP contribution in [0.1, 0.15) is 45.2 Å². The molecule has 0 aromatic carbocycles. The van der Waals surface area contributed by atoms with Gasteiger partial charge >= 0.3 is 0 Å². The molecule has 1 aliphatic carbocycles. The summed E-state index contributed by atoms with van der Waals surface area (Å²) in [4.78, 5) is 8.64. The number of hydrogen-bond acceptors (Lipinski definition) is 4. The van der Waals surface area contributed by atoms with E-state index in [9.17, 15) is 0 Å². The zero-order valence-electron chi connectivity index (χ0n) is 11.4. The van der Waals surface area contributed by atoms with Crippen LogP contribution in [0.15, 0.2) is 12.4 Å². The van der Waals surface area contributed by atoms with Crippen LogP contribution in [0.2, 0.25) is 0 Å². The molecule has 0 radical (unpaired) electrons. The molecular formula is C14H23N3O. The summed E-state index contributed by atoms with van der Waals surface area (Å²) in [7, 11) is 0. The first-order valence-corrected chi connectivity index (χ1v) is 6.91. The topological polar surface area (TPSA) is 47.0 Å². The molecule has 0 amide bonds. The van der Waals surface area contributed by atoms with E-state index in [-0.39, 0.29) is 0 Å². The summed E-state index contributed by atoms with van der Waals surface area (Å²) in [6.07, 6.45) is 8.77. The minimum absolute atomic E-state index is 0.454. The quantitative estimate of drug-likeness (QED) is 0.841. The molecule has 18 heavy (non-hydrogen) atoms. The fourth-order valence-corrected chi connectivity index (χ4v) is 2.23. The molecule has 4 heteroatoms. The Morgan fingerprint density at radius 2 is 2.11 bits per heavy atom. The van der Waals surface area contributed by atoms with Crippen molar-refractivity contribution >= 4 is 0 Å². The fourth-order valence-electron chi connectivity index (χ4n) is 2.23. The highest BCUT2D eigenvalue weighted by Crippen LogP contribution is 2.25. The number of hydrogen-bond donors (Lipinski definition) is 1. The smallest absolute Gasteiger partial charge is 0.232 e. The standard InChI is InChI=1S/C14H23N3O/c1-11(2)16-8-13-7-15-9-14(17-13)18-10-12-5-3-4-6-12/h7,9,11-12,16H,3-6,8,10H2,1-2H3. The van der Waals surface area contributed by atoms with Crippen LogP contribution in [0.5, 0.6) is 5.88 Å². The van der Waals surface area contributed by atoms with Gasteiger partial charge in [-0.3, -0.25) is 4.98 Å². The van der Waals surface area contributed by atoms with Crippen LogP contribution in [0.4, 0.5) is 0 Å². The molecule has 0 unspecified atom stereocenters. The summed E-state index contributed by atoms with van der Waals surface area (Å²) >= 11 is 0. The molecule has 1 saturated carbocycles. The van der Waals surface area contributed by atoms with Crippen molar-refractivity contribution in [3.05, 3.63) is 18.1 Å². The Kier molecular flexibility index (Phi) is 4.93. The molecule has 1 fully saturated rings. The lowest BCUT2D eigenvalue weighted by molar-refractivity contribution is 0.242. The second kappa shape index (κ2) is 6.69. The highest BCUT2D eigenvalue weighted by atomic mass is 16.5. The second-order valence-corrected chi connectivity index (χ2v) is 5.35. The van der Waals surface area contributed by atoms with Crippen LogP contribution < -0.4 is 10.1 Å². The van der Waals surface area contributed by atoms with Gasteiger partial charge in [-0.1, -0.05) is 26.7 Å². The van der Waals surface area contributed by atoms with E-state index in [0.717, 1.165) is 18.8 Å². The lowest BCUT2D eigenvalue weighted by Crippen LogP contribution is -2.22. The Morgan fingerprint density at radius 3 is 2.83 bits per heavy atom. The van der Waals surface area contributed by atoms with Crippen molar-refractivity contribution in [2.45, 2.75) is 52.1 Å². The van der Waals surface area contributed by atoms with Crippen molar-refractivity contribution in [2.24, 2.45) is 5.92 Å². The van der Waals surface area contributed by atoms with Crippen molar-refractivity contribution in [3.8, 4) is 5.88 Å². The summed E-state index contributed by atoms with van der Waals surface area (Å²) in [6.45, 7) is 5.77. The molecule has 2 rings (SSSR count). The van der Waals surface area contributed by atoms with E-state index in [4.69, 9.17) is 4.74 Å². The fraction of sp³-hybridized carbons (Fsp3) is 0.714. The SMILES string of the molecule is CC(C)NCc1cncc(OCC2CCCC2)n1. The van der Waals surface area contributed by atoms with Crippen LogP contribution >= 0.6 is 0 Å². The maximum Gasteiger partial charge on any atom is 0.232 e. The Balaban J connectivity index is 1.82. The van der Waals surface area contributed by atoms with Crippen LogP contribution in [-0.2, 0) is 6.54 Å². The molecule has 1 aromatic rings. The van der Waals surface area contributed by atoms with Crippen molar-refractivity contribution in [1.82, 2.24) is 15.3 Å². The van der Waals surface area contributed by atoms with Crippen molar-refractivity contribution in [3.63, 3.8) is 0 Å². The van der Waals surface area contributed by atoms with Crippen LogP contribution in [0, 0.1) is 5.92 Å². The van der Waals surface area contributed by atoms with Gasteiger partial charge in [-0.05, 0) is 18.8 Å². The first-order chi connectivity index (χ1) is 8.74. The minimum Gasteiger partial charge on any atom is -0.476 e. The number of ether oxygens (including phenoxy) is 1. The molecule has 0 spiro atoms. The average Bonchev–Trinajstić information content (AvgIpc) is 2.87. The molecule has 1 aliphatic rings. The average molecular weight is 249 g/mol. The highest BCUT2D eigenvalue weighted by molar-refractivity contribution is 5.08. The highest BCUT2D eigenvalue weighted by Gasteiger charge is 2.15. The zero-order chi connectivity index (χ0) is 12.8. The van der Waals surface area contributed by atoms with E-state index in [1.165, 1.54) is 25.7 Å². The summed E-state index contributed by atoms with van der Waals surface area (Å²) in [5.74, 6) is 1.37. The second-order valence-electron chi connectivity index (χ2n) is 5.35. The lowest BCUT2D eigenvalue weighted by Gasteiger charge is -2.11. The third kappa shape index (κ3) is 4.26. The minimum atomic E-state index is 0.454. The van der Waals surface area contributed by atoms with Crippen molar-refractivity contribution in [1.29, 1.82) is 0 Å². The molecule has 100 valence electrons. The van der Waals surface area contributed by atoms with Gasteiger partial charge in [0.15, 0.2) is 0 Å². The monoisotopic (exact) mass is 249 g/mol. The van der Waals surface area contributed by atoms with Gasteiger partial charge in [0.25, 0.3) is 0 Å². The molecule has 1 heterocycles. The number of nitrogens with one attached hydrogen (secondary N) is 1. The van der Waals surface area contributed by atoms with Gasteiger partial charge in [-0.15, -0.1) is 0 Å².